The van der Waals surface area contributed by atoms with Crippen LogP contribution in [0.25, 0.3) is 0 Å². The monoisotopic (exact) mass is 1590 g/mol. The molecule has 2 aromatic carbocycles. The summed E-state index contributed by atoms with van der Waals surface area (Å²) in [5, 5.41) is 33.9. The number of carbonyl (C=O) groups excluding carboxylic acids is 17. The first-order valence-electron chi connectivity index (χ1n) is 37.7. The highest BCUT2D eigenvalue weighted by Gasteiger charge is 2.45. The zero-order valence-corrected chi connectivity index (χ0v) is 66.5. The van der Waals surface area contributed by atoms with Crippen molar-refractivity contribution in [2.24, 2.45) is 35.3 Å². The van der Waals surface area contributed by atoms with Gasteiger partial charge in [0.15, 0.2) is 0 Å². The van der Waals surface area contributed by atoms with Gasteiger partial charge in [-0.15, -0.1) is 5.06 Å². The van der Waals surface area contributed by atoms with E-state index in [1.807, 2.05) is 19.9 Å². The average Bonchev–Trinajstić information content (AvgIpc) is 1.79. The van der Waals surface area contributed by atoms with Gasteiger partial charge >= 0.3 is 18.1 Å². The number of anilines is 1. The first-order valence-corrected chi connectivity index (χ1v) is 37.7. The number of rotatable bonds is 43. The molecular weight excluding hydrogens is 1470 g/mol. The molecule has 2 saturated heterocycles. The van der Waals surface area contributed by atoms with E-state index in [-0.39, 0.29) is 85.7 Å². The van der Waals surface area contributed by atoms with Gasteiger partial charge < -0.3 is 87.5 Å². The number of hydrogen-bond donors (Lipinski definition) is 11. The molecule has 17 amide bonds. The summed E-state index contributed by atoms with van der Waals surface area (Å²) in [5.74, 6) is -14.2. The van der Waals surface area contributed by atoms with Crippen molar-refractivity contribution in [1.82, 2.24) is 67.2 Å². The van der Waals surface area contributed by atoms with E-state index >= 15 is 4.79 Å². The highest BCUT2D eigenvalue weighted by Crippen LogP contribution is 2.32. The van der Waals surface area contributed by atoms with Crippen molar-refractivity contribution < 1.29 is 106 Å². The van der Waals surface area contributed by atoms with Crippen LogP contribution in [0.4, 0.5) is 15.3 Å². The molecule has 0 bridgehead atoms. The van der Waals surface area contributed by atoms with E-state index in [1.54, 1.807) is 91.6 Å². The van der Waals surface area contributed by atoms with Gasteiger partial charge in [-0.25, -0.2) is 14.4 Å². The molecule has 2 aromatic rings. The predicted octanol–water partition coefficient (Wildman–Crippen LogP) is 0.404. The van der Waals surface area contributed by atoms with Crippen LogP contribution in [0.5, 0.6) is 0 Å². The summed E-state index contributed by atoms with van der Waals surface area (Å²) < 4.78 is 17.9. The molecule has 3 aliphatic rings. The van der Waals surface area contributed by atoms with E-state index < -0.39 is 199 Å². The number of likely N-dealkylation sites (tertiary alicyclic amines) is 1. The van der Waals surface area contributed by atoms with E-state index in [0.29, 0.717) is 31.4 Å². The Morgan fingerprint density at radius 1 is 0.637 bits per heavy atom. The molecule has 13 atom stereocenters. The summed E-state index contributed by atoms with van der Waals surface area (Å²) in [7, 11) is 5.68. The van der Waals surface area contributed by atoms with E-state index in [2.05, 4.69) is 47.9 Å². The molecule has 0 spiro atoms. The molecule has 0 radical (unpaired) electrons. The minimum Gasteiger partial charge on any atom is -0.429 e. The van der Waals surface area contributed by atoms with Crippen LogP contribution in [0.3, 0.4) is 0 Å². The molecule has 37 nitrogen and oxygen atoms in total. The first kappa shape index (κ1) is 92.7. The van der Waals surface area contributed by atoms with Crippen LogP contribution in [-0.4, -0.2) is 253 Å². The van der Waals surface area contributed by atoms with Crippen LogP contribution >= 0.6 is 0 Å². The van der Waals surface area contributed by atoms with Crippen molar-refractivity contribution >= 4 is 106 Å². The molecule has 622 valence electrons. The molecule has 0 aromatic heterocycles. The second-order valence-corrected chi connectivity index (χ2v) is 29.2. The Morgan fingerprint density at radius 2 is 1.22 bits per heavy atom. The Labute approximate surface area is 656 Å². The quantitative estimate of drug-likeness (QED) is 0.0316. The third kappa shape index (κ3) is 26.9. The maximum Gasteiger partial charge on any atom is 0.411 e. The largest absolute Gasteiger partial charge is 0.429 e. The lowest BCUT2D eigenvalue weighted by atomic mass is 9.89. The number of hydrogen-bond acceptors (Lipinski definition) is 22. The van der Waals surface area contributed by atoms with Gasteiger partial charge in [-0.2, -0.15) is 0 Å². The van der Waals surface area contributed by atoms with Crippen molar-refractivity contribution in [2.45, 2.75) is 194 Å². The summed E-state index contributed by atoms with van der Waals surface area (Å²) in [6, 6.07) is 5.76. The number of amides is 17. The minimum absolute atomic E-state index is 0.0228. The standard InChI is InChI=1S/C76H111N15O22/c1-15-44(8)65(52(110-13)37-61(100)89-35-20-24-51(89)67(111-14)45(9)69(102)82-46(10)66(101)47-21-17-16-18-22-47)87(11)73(106)63(42(4)5)86-72(105)64(43(6)7)88(12)76(109)112-68(74(107)113-91-59(98)31-32-60(91)99)48-25-27-49(28-26-48)83-70(103)50(23-19-34-78-75(77)108)84-71(104)62(41(2)3)85-56(95)40-81-55(94)39-80-54(93)38-79-53(92)33-36-90-57(96)29-30-58(90)97/h16-18,21-22,25-30,41-46,50-52,62-68,101H,15,19-20,23-24,31-40H2,1-14H3,(H,79,92)(H,80,93)(H,81,94)(H,82,102)(H,83,103)(H,84,104)(H,85,95)(H,86,105)(H3,77,78,108)/t44-,45+,46+,50-,51-,52+,62-,63-,64-,65-,66?,67?,68?/m0/s1. The summed E-state index contributed by atoms with van der Waals surface area (Å²) in [4.78, 5) is 236. The van der Waals surface area contributed by atoms with E-state index in [9.17, 15) is 81.8 Å². The van der Waals surface area contributed by atoms with Crippen LogP contribution < -0.4 is 53.6 Å². The number of urea groups is 1. The molecular formula is C76H111N15O22. The number of imide groups is 2. The van der Waals surface area contributed by atoms with Crippen molar-refractivity contribution in [3.05, 3.63) is 77.9 Å². The van der Waals surface area contributed by atoms with Crippen LogP contribution in [0.1, 0.15) is 150 Å². The maximum absolute atomic E-state index is 15.0. The van der Waals surface area contributed by atoms with Crippen LogP contribution in [-0.2, 0) is 91.0 Å². The number of aliphatic hydroxyl groups excluding tert-OH is 1. The number of ether oxygens (including phenoxy) is 3. The van der Waals surface area contributed by atoms with Gasteiger partial charge in [0.2, 0.25) is 65.2 Å². The average molecular weight is 1590 g/mol. The van der Waals surface area contributed by atoms with Crippen molar-refractivity contribution in [3.63, 3.8) is 0 Å². The van der Waals surface area contributed by atoms with Gasteiger partial charge in [0, 0.05) is 90.6 Å². The summed E-state index contributed by atoms with van der Waals surface area (Å²) in [6.45, 7) is 15.3. The second-order valence-electron chi connectivity index (χ2n) is 29.2. The molecule has 12 N–H and O–H groups in total. The van der Waals surface area contributed by atoms with E-state index in [1.165, 1.54) is 50.4 Å². The normalized spacial score (nSPS) is 17.3. The van der Waals surface area contributed by atoms with Crippen LogP contribution in [0.15, 0.2) is 66.7 Å². The number of nitrogens with zero attached hydrogens (tertiary/aromatic N) is 5. The fraction of sp³-hybridized carbons (Fsp3) is 0.592. The Morgan fingerprint density at radius 3 is 1.77 bits per heavy atom. The Hall–Kier alpha value is -11.0. The number of benzene rings is 2. The molecule has 3 heterocycles. The van der Waals surface area contributed by atoms with E-state index in [4.69, 9.17) is 24.8 Å². The molecule has 3 unspecified atom stereocenters. The minimum atomic E-state index is -2.08. The Balaban J connectivity index is 1.27. The highest BCUT2D eigenvalue weighted by molar-refractivity contribution is 6.13. The number of nitrogens with two attached hydrogens (primary N) is 1. The summed E-state index contributed by atoms with van der Waals surface area (Å²) in [6.07, 6.45) is -3.31. The maximum atomic E-state index is 15.0. The Kier molecular flexibility index (Phi) is 36.4. The van der Waals surface area contributed by atoms with Gasteiger partial charge in [0.05, 0.1) is 68.4 Å². The molecule has 3 aliphatic heterocycles. The number of aliphatic hydroxyl groups is 1. The number of primary amides is 1. The lowest BCUT2D eigenvalue weighted by molar-refractivity contribution is -0.204. The summed E-state index contributed by atoms with van der Waals surface area (Å²) in [5.41, 5.74) is 5.76. The zero-order chi connectivity index (χ0) is 84.2. The second kappa shape index (κ2) is 44.3. The van der Waals surface area contributed by atoms with Gasteiger partial charge in [-0.05, 0) is 74.0 Å². The van der Waals surface area contributed by atoms with E-state index in [0.717, 1.165) is 22.0 Å². The lowest BCUT2D eigenvalue weighted by Crippen LogP contribution is -2.60. The number of hydroxylamine groups is 2. The van der Waals surface area contributed by atoms with Gasteiger partial charge in [-0.3, -0.25) is 76.9 Å². The molecule has 113 heavy (non-hydrogen) atoms. The highest BCUT2D eigenvalue weighted by atomic mass is 16.7. The molecule has 37 heteroatoms. The fourth-order valence-corrected chi connectivity index (χ4v) is 13.3. The first-order chi connectivity index (χ1) is 53.3. The third-order valence-corrected chi connectivity index (χ3v) is 19.8. The number of methoxy groups -OCH3 is 2. The lowest BCUT2D eigenvalue weighted by Gasteiger charge is -2.41. The molecule has 0 aliphatic carbocycles. The molecule has 5 rings (SSSR count). The number of nitrogens with one attached hydrogen (secondary N) is 9. The number of likely N-dealkylation sites (N-methyl/N-ethyl adjacent to an activating group) is 2. The van der Waals surface area contributed by atoms with Crippen molar-refractivity contribution in [1.29, 1.82) is 0 Å². The van der Waals surface area contributed by atoms with Crippen LogP contribution in [0, 0.1) is 29.6 Å². The SMILES string of the molecule is CC[C@H](C)[C@@H]([C@@H](CC(=O)N1CCC[C@H]1C(OC)[C@@H](C)C(=O)N[C@H](C)C(O)c1ccccc1)OC)N(C)C(=O)[C@@H](NC(=O)[C@H](C(C)C)N(C)C(=O)OC(C(=O)ON1C(=O)CCC1=O)c1ccc(NC(=O)[C@H](CCCNC(N)=O)NC(=O)[C@@H](NC(=O)CNC(=O)CNC(=O)CNC(=O)CCN2C(=O)C=CC2=O)C(C)C)cc1)C(C)C. The molecule has 0 saturated carbocycles. The van der Waals surface area contributed by atoms with Crippen LogP contribution in [0.2, 0.25) is 0 Å². The fourth-order valence-electron chi connectivity index (χ4n) is 13.3. The van der Waals surface area contributed by atoms with Gasteiger partial charge in [-0.1, -0.05) is 111 Å². The van der Waals surface area contributed by atoms with Crippen molar-refractivity contribution in [2.75, 3.05) is 72.9 Å². The Bertz CT molecular complexity index is 3730. The van der Waals surface area contributed by atoms with Crippen molar-refractivity contribution in [3.8, 4) is 0 Å². The van der Waals surface area contributed by atoms with Gasteiger partial charge in [0.25, 0.3) is 23.6 Å². The topological polar surface area (TPSA) is 498 Å². The molecule has 2 fully saturated rings. The predicted molar refractivity (Wildman–Crippen MR) is 405 cm³/mol. The third-order valence-electron chi connectivity index (χ3n) is 19.8. The smallest absolute Gasteiger partial charge is 0.411 e. The number of carbonyl (C=O) groups is 17. The zero-order valence-electron chi connectivity index (χ0n) is 66.5. The van der Waals surface area contributed by atoms with Gasteiger partial charge in [0.1, 0.15) is 24.2 Å². The summed E-state index contributed by atoms with van der Waals surface area (Å²) >= 11 is 0.